The number of aromatic carboxylic acids is 1. The van der Waals surface area contributed by atoms with Gasteiger partial charge in [0.2, 0.25) is 0 Å². The predicted octanol–water partition coefficient (Wildman–Crippen LogP) is 2.35. The number of carboxylic acids is 1. The van der Waals surface area contributed by atoms with Crippen LogP contribution in [-0.2, 0) is 19.1 Å². The van der Waals surface area contributed by atoms with Crippen LogP contribution in [0.3, 0.4) is 0 Å². The van der Waals surface area contributed by atoms with E-state index in [-0.39, 0.29) is 33.8 Å². The standard InChI is InChI=1S/C28H24N2O9S/c1-5-37-27(36)23-14(2)29-28-30(24(23)18-7-6-8-19(13-18)26(34)35)25(33)22(40-28)12-17-9-10-20(38-15(3)31)21(11-17)39-16(4)32/h6-13,24H,5H2,1-4H3,(H,34,35)/b22-12-. The molecule has 1 unspecified atom stereocenters. The van der Waals surface area contributed by atoms with Crippen LogP contribution in [0.1, 0.15) is 55.2 Å². The highest BCUT2D eigenvalue weighted by molar-refractivity contribution is 7.07. The molecule has 1 aliphatic rings. The van der Waals surface area contributed by atoms with E-state index in [1.165, 1.54) is 48.7 Å². The first-order chi connectivity index (χ1) is 19.0. The first kappa shape index (κ1) is 28.2. The van der Waals surface area contributed by atoms with Crippen molar-refractivity contribution in [2.24, 2.45) is 4.99 Å². The van der Waals surface area contributed by atoms with Gasteiger partial charge in [-0.1, -0.05) is 29.5 Å². The molecule has 0 radical (unpaired) electrons. The molecule has 0 saturated heterocycles. The zero-order valence-corrected chi connectivity index (χ0v) is 22.7. The van der Waals surface area contributed by atoms with E-state index < -0.39 is 35.5 Å². The molecule has 0 amide bonds. The fourth-order valence-electron chi connectivity index (χ4n) is 4.19. The lowest BCUT2D eigenvalue weighted by molar-refractivity contribution is -0.139. The summed E-state index contributed by atoms with van der Waals surface area (Å²) in [6, 6.07) is 9.45. The highest BCUT2D eigenvalue weighted by atomic mass is 32.1. The third-order valence-electron chi connectivity index (χ3n) is 5.74. The van der Waals surface area contributed by atoms with E-state index in [1.807, 2.05) is 0 Å². The van der Waals surface area contributed by atoms with E-state index in [2.05, 4.69) is 4.99 Å². The molecule has 3 aromatic rings. The quantitative estimate of drug-likeness (QED) is 0.337. The third-order valence-corrected chi connectivity index (χ3v) is 6.72. The largest absolute Gasteiger partial charge is 0.478 e. The molecule has 1 aliphatic heterocycles. The second kappa shape index (κ2) is 11.5. The van der Waals surface area contributed by atoms with Crippen molar-refractivity contribution >= 4 is 41.3 Å². The molecule has 4 rings (SSSR count). The summed E-state index contributed by atoms with van der Waals surface area (Å²) >= 11 is 1.06. The van der Waals surface area contributed by atoms with E-state index >= 15 is 0 Å². The number of nitrogens with zero attached hydrogens (tertiary/aromatic N) is 2. The summed E-state index contributed by atoms with van der Waals surface area (Å²) in [7, 11) is 0. The number of fused-ring (bicyclic) bond motifs is 1. The number of benzene rings is 2. The highest BCUT2D eigenvalue weighted by Crippen LogP contribution is 2.32. The minimum atomic E-state index is -1.16. The monoisotopic (exact) mass is 564 g/mol. The molecule has 2 heterocycles. The number of esters is 3. The lowest BCUT2D eigenvalue weighted by Crippen LogP contribution is -2.40. The average Bonchev–Trinajstić information content (AvgIpc) is 3.18. The second-order valence-corrected chi connectivity index (χ2v) is 9.64. The number of carbonyl (C=O) groups is 4. The second-order valence-electron chi connectivity index (χ2n) is 8.63. The molecule has 0 aliphatic carbocycles. The number of hydrogen-bond donors (Lipinski definition) is 1. The summed E-state index contributed by atoms with van der Waals surface area (Å²) in [6.45, 7) is 5.78. The number of carboxylic acid groups (broad SMARTS) is 1. The smallest absolute Gasteiger partial charge is 0.338 e. The van der Waals surface area contributed by atoms with Crippen molar-refractivity contribution < 1.29 is 38.5 Å². The van der Waals surface area contributed by atoms with E-state index in [9.17, 15) is 29.1 Å². The number of thiazole rings is 1. The summed E-state index contributed by atoms with van der Waals surface area (Å²) in [6.07, 6.45) is 1.54. The van der Waals surface area contributed by atoms with Crippen LogP contribution in [0.25, 0.3) is 6.08 Å². The number of rotatable bonds is 7. The molecule has 0 bridgehead atoms. The molecule has 40 heavy (non-hydrogen) atoms. The maximum absolute atomic E-state index is 13.8. The Bertz CT molecular complexity index is 1760. The first-order valence-electron chi connectivity index (χ1n) is 12.0. The third kappa shape index (κ3) is 5.76. The summed E-state index contributed by atoms with van der Waals surface area (Å²) in [5, 5.41) is 9.53. The van der Waals surface area contributed by atoms with Crippen molar-refractivity contribution in [1.82, 2.24) is 4.57 Å². The van der Waals surface area contributed by atoms with Crippen LogP contribution in [-0.4, -0.2) is 40.2 Å². The Kier molecular flexibility index (Phi) is 8.10. The first-order valence-corrected chi connectivity index (χ1v) is 12.9. The molecule has 12 heteroatoms. The number of allylic oxidation sites excluding steroid dienone is 1. The maximum Gasteiger partial charge on any atom is 0.338 e. The highest BCUT2D eigenvalue weighted by Gasteiger charge is 2.33. The average molecular weight is 565 g/mol. The molecular formula is C28H24N2O9S. The van der Waals surface area contributed by atoms with Crippen LogP contribution in [0, 0.1) is 0 Å². The van der Waals surface area contributed by atoms with Crippen LogP contribution >= 0.6 is 11.3 Å². The topological polar surface area (TPSA) is 151 Å². The Balaban J connectivity index is 1.92. The fourth-order valence-corrected chi connectivity index (χ4v) is 5.23. The van der Waals surface area contributed by atoms with Crippen LogP contribution < -0.4 is 24.4 Å². The SMILES string of the molecule is CCOC(=O)C1=C(C)N=c2s/c(=C\c3ccc(OC(C)=O)c(OC(C)=O)c3)c(=O)n2C1c1cccc(C(=O)O)c1. The minimum Gasteiger partial charge on any atom is -0.478 e. The molecule has 1 aromatic heterocycles. The Morgan fingerprint density at radius 3 is 2.40 bits per heavy atom. The molecule has 11 nitrogen and oxygen atoms in total. The molecule has 1 atom stereocenters. The van der Waals surface area contributed by atoms with Crippen LogP contribution in [0.15, 0.2) is 63.5 Å². The molecule has 1 N–H and O–H groups in total. The molecular weight excluding hydrogens is 540 g/mol. The van der Waals surface area contributed by atoms with Gasteiger partial charge in [-0.2, -0.15) is 0 Å². The molecule has 0 fully saturated rings. The molecule has 2 aromatic carbocycles. The van der Waals surface area contributed by atoms with Gasteiger partial charge in [0.05, 0.1) is 34.0 Å². The minimum absolute atomic E-state index is 0.00645. The van der Waals surface area contributed by atoms with Gasteiger partial charge in [-0.25, -0.2) is 14.6 Å². The molecule has 0 spiro atoms. The van der Waals surface area contributed by atoms with Gasteiger partial charge >= 0.3 is 23.9 Å². The van der Waals surface area contributed by atoms with Crippen molar-refractivity contribution in [3.8, 4) is 11.5 Å². The van der Waals surface area contributed by atoms with Crippen molar-refractivity contribution in [3.63, 3.8) is 0 Å². The molecule has 206 valence electrons. The van der Waals surface area contributed by atoms with Gasteiger partial charge < -0.3 is 19.3 Å². The Morgan fingerprint density at radius 2 is 1.75 bits per heavy atom. The Morgan fingerprint density at radius 1 is 1.05 bits per heavy atom. The van der Waals surface area contributed by atoms with Crippen LogP contribution in [0.4, 0.5) is 0 Å². The van der Waals surface area contributed by atoms with Gasteiger partial charge in [-0.3, -0.25) is 19.0 Å². The van der Waals surface area contributed by atoms with Crippen molar-refractivity contribution in [2.75, 3.05) is 6.61 Å². The van der Waals surface area contributed by atoms with Gasteiger partial charge in [0, 0.05) is 13.8 Å². The lowest BCUT2D eigenvalue weighted by atomic mass is 9.94. The summed E-state index contributed by atoms with van der Waals surface area (Å²) in [5.74, 6) is -3.03. The summed E-state index contributed by atoms with van der Waals surface area (Å²) in [4.78, 5) is 66.3. The normalized spacial score (nSPS) is 14.7. The van der Waals surface area contributed by atoms with Crippen molar-refractivity contribution in [2.45, 2.75) is 33.7 Å². The van der Waals surface area contributed by atoms with Crippen molar-refractivity contribution in [1.29, 1.82) is 0 Å². The van der Waals surface area contributed by atoms with Gasteiger partial charge in [0.1, 0.15) is 0 Å². The zero-order valence-electron chi connectivity index (χ0n) is 21.9. The Labute approximate surface area is 231 Å². The zero-order chi connectivity index (χ0) is 29.1. The Hall–Kier alpha value is -4.84. The predicted molar refractivity (Wildman–Crippen MR) is 143 cm³/mol. The van der Waals surface area contributed by atoms with E-state index in [4.69, 9.17) is 14.2 Å². The van der Waals surface area contributed by atoms with Gasteiger partial charge in [0.25, 0.3) is 5.56 Å². The number of aromatic nitrogens is 1. The number of hydrogen-bond acceptors (Lipinski definition) is 10. The van der Waals surface area contributed by atoms with Crippen LogP contribution in [0.2, 0.25) is 0 Å². The summed E-state index contributed by atoms with van der Waals surface area (Å²) in [5.41, 5.74) is 0.812. The summed E-state index contributed by atoms with van der Waals surface area (Å²) < 4.78 is 17.1. The van der Waals surface area contributed by atoms with Crippen LogP contribution in [0.5, 0.6) is 11.5 Å². The molecule has 0 saturated carbocycles. The fraction of sp³-hybridized carbons (Fsp3) is 0.214. The number of carbonyl (C=O) groups excluding carboxylic acids is 3. The van der Waals surface area contributed by atoms with Gasteiger partial charge in [-0.15, -0.1) is 0 Å². The maximum atomic E-state index is 13.8. The van der Waals surface area contributed by atoms with E-state index in [0.29, 0.717) is 21.6 Å². The van der Waals surface area contributed by atoms with E-state index in [1.54, 1.807) is 32.1 Å². The van der Waals surface area contributed by atoms with E-state index in [0.717, 1.165) is 11.3 Å². The van der Waals surface area contributed by atoms with Gasteiger partial charge in [-0.05, 0) is 55.3 Å². The number of ether oxygens (including phenoxy) is 3. The van der Waals surface area contributed by atoms with Crippen molar-refractivity contribution in [3.05, 3.63) is 90.1 Å². The van der Waals surface area contributed by atoms with Gasteiger partial charge in [0.15, 0.2) is 16.3 Å². The lowest BCUT2D eigenvalue weighted by Gasteiger charge is -2.24.